The van der Waals surface area contributed by atoms with Crippen molar-refractivity contribution in [3.05, 3.63) is 42.2 Å². The summed E-state index contributed by atoms with van der Waals surface area (Å²) in [5.74, 6) is -0.700. The van der Waals surface area contributed by atoms with Gasteiger partial charge in [-0.2, -0.15) is 0 Å². The Labute approximate surface area is 93.9 Å². The zero-order valence-corrected chi connectivity index (χ0v) is 9.13. The number of halogens is 1. The van der Waals surface area contributed by atoms with Gasteiger partial charge in [-0.15, -0.1) is 0 Å². The quantitative estimate of drug-likeness (QED) is 0.774. The molecular formula is C12H14FNO2. The molecule has 0 heterocycles. The Balaban J connectivity index is 2.37. The lowest BCUT2D eigenvalue weighted by Gasteiger charge is -2.07. The summed E-state index contributed by atoms with van der Waals surface area (Å²) < 4.78 is 18.1. The van der Waals surface area contributed by atoms with Crippen LogP contribution in [-0.4, -0.2) is 19.1 Å². The highest BCUT2D eigenvalue weighted by Crippen LogP contribution is 2.14. The average molecular weight is 223 g/mol. The van der Waals surface area contributed by atoms with Gasteiger partial charge in [0.2, 0.25) is 0 Å². The molecule has 0 aliphatic rings. The summed E-state index contributed by atoms with van der Waals surface area (Å²) >= 11 is 0. The van der Waals surface area contributed by atoms with Crippen molar-refractivity contribution in [2.24, 2.45) is 0 Å². The van der Waals surface area contributed by atoms with Gasteiger partial charge in [-0.25, -0.2) is 4.39 Å². The molecule has 86 valence electrons. The van der Waals surface area contributed by atoms with Gasteiger partial charge in [0.05, 0.1) is 0 Å². The molecule has 0 aliphatic carbocycles. The van der Waals surface area contributed by atoms with Gasteiger partial charge in [-0.1, -0.05) is 24.3 Å². The molecule has 0 unspecified atom stereocenters. The van der Waals surface area contributed by atoms with E-state index in [0.29, 0.717) is 6.54 Å². The van der Waals surface area contributed by atoms with Crippen molar-refractivity contribution in [2.45, 2.75) is 6.92 Å². The van der Waals surface area contributed by atoms with Crippen molar-refractivity contribution >= 4 is 5.91 Å². The lowest BCUT2D eigenvalue weighted by atomic mass is 10.3. The van der Waals surface area contributed by atoms with Crippen LogP contribution in [-0.2, 0) is 4.79 Å². The van der Waals surface area contributed by atoms with Gasteiger partial charge in [0.1, 0.15) is 0 Å². The molecule has 0 saturated carbocycles. The maximum atomic E-state index is 13.1. The molecule has 0 spiro atoms. The molecule has 0 saturated heterocycles. The second-order valence-corrected chi connectivity index (χ2v) is 3.45. The maximum absolute atomic E-state index is 13.1. The van der Waals surface area contributed by atoms with E-state index >= 15 is 0 Å². The largest absolute Gasteiger partial charge is 0.481 e. The molecule has 0 radical (unpaired) electrons. The molecule has 1 amide bonds. The zero-order chi connectivity index (χ0) is 12.0. The predicted octanol–water partition coefficient (Wildman–Crippen LogP) is 1.90. The molecule has 1 aromatic rings. The third-order valence-corrected chi connectivity index (χ3v) is 1.78. The highest BCUT2D eigenvalue weighted by molar-refractivity contribution is 5.77. The Bertz CT molecular complexity index is 390. The van der Waals surface area contributed by atoms with Crippen LogP contribution in [0.25, 0.3) is 0 Å². The van der Waals surface area contributed by atoms with Crippen LogP contribution in [0.4, 0.5) is 4.39 Å². The van der Waals surface area contributed by atoms with Crippen LogP contribution < -0.4 is 10.1 Å². The fraction of sp³-hybridized carbons (Fsp3) is 0.250. The second kappa shape index (κ2) is 5.90. The van der Waals surface area contributed by atoms with Gasteiger partial charge in [0.15, 0.2) is 18.2 Å². The third-order valence-electron chi connectivity index (χ3n) is 1.78. The summed E-state index contributed by atoms with van der Waals surface area (Å²) in [6.45, 7) is 5.65. The number of amides is 1. The smallest absolute Gasteiger partial charge is 0.258 e. The molecule has 0 aliphatic heterocycles. The van der Waals surface area contributed by atoms with Crippen LogP contribution in [0, 0.1) is 5.82 Å². The topological polar surface area (TPSA) is 38.3 Å². The standard InChI is InChI=1S/C12H14FNO2/c1-9(2)7-14-12(15)8-16-11-6-4-3-5-10(11)13/h3-6H,1,7-8H2,2H3,(H,14,15). The molecule has 0 aromatic heterocycles. The Morgan fingerprint density at radius 3 is 2.81 bits per heavy atom. The van der Waals surface area contributed by atoms with Gasteiger partial charge < -0.3 is 10.1 Å². The summed E-state index contributed by atoms with van der Waals surface area (Å²) in [5, 5.41) is 2.59. The SMILES string of the molecule is C=C(C)CNC(=O)COc1ccccc1F. The van der Waals surface area contributed by atoms with Crippen molar-refractivity contribution in [2.75, 3.05) is 13.2 Å². The summed E-state index contributed by atoms with van der Waals surface area (Å²) in [7, 11) is 0. The van der Waals surface area contributed by atoms with Crippen molar-refractivity contribution in [1.29, 1.82) is 0 Å². The molecule has 3 nitrogen and oxygen atoms in total. The van der Waals surface area contributed by atoms with Crippen molar-refractivity contribution < 1.29 is 13.9 Å². The number of para-hydroxylation sites is 1. The van der Waals surface area contributed by atoms with Crippen molar-refractivity contribution in [1.82, 2.24) is 5.32 Å². The molecule has 1 N–H and O–H groups in total. The first kappa shape index (κ1) is 12.2. The minimum Gasteiger partial charge on any atom is -0.481 e. The summed E-state index contributed by atoms with van der Waals surface area (Å²) in [4.78, 5) is 11.2. The number of hydrogen-bond acceptors (Lipinski definition) is 2. The fourth-order valence-corrected chi connectivity index (χ4v) is 1.01. The van der Waals surface area contributed by atoms with Crippen LogP contribution >= 0.6 is 0 Å². The number of carbonyl (C=O) groups excluding carboxylic acids is 1. The normalized spacial score (nSPS) is 9.62. The van der Waals surface area contributed by atoms with Crippen LogP contribution in [0.2, 0.25) is 0 Å². The number of nitrogens with one attached hydrogen (secondary N) is 1. The minimum absolute atomic E-state index is 0.0768. The van der Waals surface area contributed by atoms with Crippen LogP contribution in [0.1, 0.15) is 6.92 Å². The lowest BCUT2D eigenvalue weighted by Crippen LogP contribution is -2.30. The Hall–Kier alpha value is -1.84. The number of ether oxygens (including phenoxy) is 1. The van der Waals surface area contributed by atoms with Gasteiger partial charge in [-0.3, -0.25) is 4.79 Å². The summed E-state index contributed by atoms with van der Waals surface area (Å²) in [6.07, 6.45) is 0. The van der Waals surface area contributed by atoms with E-state index in [4.69, 9.17) is 4.74 Å². The van der Waals surface area contributed by atoms with Crippen LogP contribution in [0.5, 0.6) is 5.75 Å². The third kappa shape index (κ3) is 4.13. The molecule has 0 bridgehead atoms. The van der Waals surface area contributed by atoms with Gasteiger partial charge in [-0.05, 0) is 19.1 Å². The predicted molar refractivity (Wildman–Crippen MR) is 59.7 cm³/mol. The van der Waals surface area contributed by atoms with Crippen LogP contribution in [0.3, 0.4) is 0 Å². The van der Waals surface area contributed by atoms with E-state index in [0.717, 1.165) is 5.57 Å². The highest BCUT2D eigenvalue weighted by Gasteiger charge is 2.05. The van der Waals surface area contributed by atoms with E-state index in [1.165, 1.54) is 12.1 Å². The number of rotatable bonds is 5. The van der Waals surface area contributed by atoms with Crippen LogP contribution in [0.15, 0.2) is 36.4 Å². The summed E-state index contributed by atoms with van der Waals surface area (Å²) in [6, 6.07) is 5.95. The lowest BCUT2D eigenvalue weighted by molar-refractivity contribution is -0.122. The maximum Gasteiger partial charge on any atom is 0.258 e. The minimum atomic E-state index is -0.477. The Kier molecular flexibility index (Phi) is 4.51. The second-order valence-electron chi connectivity index (χ2n) is 3.45. The van der Waals surface area contributed by atoms with E-state index in [1.807, 2.05) is 0 Å². The number of benzene rings is 1. The van der Waals surface area contributed by atoms with Gasteiger partial charge in [0.25, 0.3) is 5.91 Å². The first-order chi connectivity index (χ1) is 7.59. The summed E-state index contributed by atoms with van der Waals surface area (Å²) in [5.41, 5.74) is 0.847. The van der Waals surface area contributed by atoms with E-state index in [2.05, 4.69) is 11.9 Å². The zero-order valence-electron chi connectivity index (χ0n) is 9.13. The number of hydrogen-bond donors (Lipinski definition) is 1. The fourth-order valence-electron chi connectivity index (χ4n) is 1.01. The van der Waals surface area contributed by atoms with E-state index < -0.39 is 5.82 Å². The molecule has 1 rings (SSSR count). The van der Waals surface area contributed by atoms with Crippen molar-refractivity contribution in [3.63, 3.8) is 0 Å². The van der Waals surface area contributed by atoms with E-state index in [9.17, 15) is 9.18 Å². The molecule has 1 aromatic carbocycles. The Morgan fingerprint density at radius 2 is 2.19 bits per heavy atom. The number of carbonyl (C=O) groups is 1. The average Bonchev–Trinajstić information content (AvgIpc) is 2.25. The van der Waals surface area contributed by atoms with Crippen molar-refractivity contribution in [3.8, 4) is 5.75 Å². The first-order valence-electron chi connectivity index (χ1n) is 4.88. The monoisotopic (exact) mass is 223 g/mol. The molecule has 16 heavy (non-hydrogen) atoms. The molecular weight excluding hydrogens is 209 g/mol. The first-order valence-corrected chi connectivity index (χ1v) is 4.88. The molecule has 0 atom stereocenters. The van der Waals surface area contributed by atoms with E-state index in [-0.39, 0.29) is 18.3 Å². The molecule has 4 heteroatoms. The Morgan fingerprint density at radius 1 is 1.50 bits per heavy atom. The highest BCUT2D eigenvalue weighted by atomic mass is 19.1. The van der Waals surface area contributed by atoms with Gasteiger partial charge >= 0.3 is 0 Å². The van der Waals surface area contributed by atoms with Gasteiger partial charge in [0, 0.05) is 6.54 Å². The molecule has 0 fully saturated rings. The van der Waals surface area contributed by atoms with E-state index in [1.54, 1.807) is 19.1 Å².